The van der Waals surface area contributed by atoms with Crippen molar-refractivity contribution in [3.05, 3.63) is 65.0 Å². The van der Waals surface area contributed by atoms with Crippen molar-refractivity contribution in [2.75, 3.05) is 26.7 Å². The molecule has 2 aromatic carbocycles. The zero-order valence-corrected chi connectivity index (χ0v) is 16.5. The SMILES string of the molecule is COc1c(C(=O)NCCNCCCCc2ccccc2)sc2ccccc12. The van der Waals surface area contributed by atoms with E-state index in [-0.39, 0.29) is 5.91 Å². The molecular formula is C22H26N2O2S. The average Bonchev–Trinajstić information content (AvgIpc) is 3.09. The monoisotopic (exact) mass is 382 g/mol. The van der Waals surface area contributed by atoms with Crippen molar-refractivity contribution in [2.45, 2.75) is 19.3 Å². The third kappa shape index (κ3) is 5.31. The summed E-state index contributed by atoms with van der Waals surface area (Å²) in [5.74, 6) is 0.598. The van der Waals surface area contributed by atoms with Crippen LogP contribution in [0.1, 0.15) is 28.1 Å². The van der Waals surface area contributed by atoms with E-state index >= 15 is 0 Å². The summed E-state index contributed by atoms with van der Waals surface area (Å²) in [7, 11) is 1.61. The Bertz CT molecular complexity index is 861. The second kappa shape index (κ2) is 10.1. The van der Waals surface area contributed by atoms with Crippen LogP contribution in [0.4, 0.5) is 0 Å². The number of amides is 1. The van der Waals surface area contributed by atoms with Gasteiger partial charge in [0.05, 0.1) is 7.11 Å². The van der Waals surface area contributed by atoms with Gasteiger partial charge in [-0.1, -0.05) is 42.5 Å². The highest BCUT2D eigenvalue weighted by Crippen LogP contribution is 2.37. The number of hydrogen-bond donors (Lipinski definition) is 2. The van der Waals surface area contributed by atoms with Crippen LogP contribution in [-0.4, -0.2) is 32.7 Å². The molecule has 0 aliphatic rings. The number of carbonyl (C=O) groups is 1. The Hall–Kier alpha value is -2.37. The first-order valence-corrected chi connectivity index (χ1v) is 10.2. The number of thiophene rings is 1. The van der Waals surface area contributed by atoms with Crippen molar-refractivity contribution >= 4 is 27.3 Å². The summed E-state index contributed by atoms with van der Waals surface area (Å²) in [5.41, 5.74) is 1.39. The number of rotatable bonds is 10. The molecule has 0 spiro atoms. The van der Waals surface area contributed by atoms with Gasteiger partial charge in [0.1, 0.15) is 10.6 Å². The van der Waals surface area contributed by atoms with Crippen molar-refractivity contribution < 1.29 is 9.53 Å². The average molecular weight is 383 g/mol. The molecule has 1 amide bonds. The molecule has 4 nitrogen and oxygen atoms in total. The molecule has 0 aliphatic carbocycles. The van der Waals surface area contributed by atoms with Crippen LogP contribution in [0.5, 0.6) is 5.75 Å². The van der Waals surface area contributed by atoms with Crippen LogP contribution in [0.3, 0.4) is 0 Å². The van der Waals surface area contributed by atoms with Crippen LogP contribution in [0.2, 0.25) is 0 Å². The molecule has 3 aromatic rings. The Morgan fingerprint density at radius 1 is 0.963 bits per heavy atom. The van der Waals surface area contributed by atoms with E-state index in [1.807, 2.05) is 30.3 Å². The van der Waals surface area contributed by atoms with Gasteiger partial charge in [-0.3, -0.25) is 4.79 Å². The van der Waals surface area contributed by atoms with Crippen molar-refractivity contribution in [1.82, 2.24) is 10.6 Å². The number of benzene rings is 2. The fourth-order valence-corrected chi connectivity index (χ4v) is 4.16. The summed E-state index contributed by atoms with van der Waals surface area (Å²) >= 11 is 1.47. The first-order chi connectivity index (χ1) is 13.3. The molecule has 0 fully saturated rings. The van der Waals surface area contributed by atoms with Gasteiger partial charge in [-0.2, -0.15) is 0 Å². The molecule has 0 atom stereocenters. The van der Waals surface area contributed by atoms with Gasteiger partial charge in [0.2, 0.25) is 0 Å². The summed E-state index contributed by atoms with van der Waals surface area (Å²) in [5, 5.41) is 7.36. The zero-order chi connectivity index (χ0) is 18.9. The molecule has 0 saturated carbocycles. The molecular weight excluding hydrogens is 356 g/mol. The van der Waals surface area contributed by atoms with Crippen molar-refractivity contribution in [3.8, 4) is 5.75 Å². The third-order valence-corrected chi connectivity index (χ3v) is 5.61. The maximum absolute atomic E-state index is 12.5. The van der Waals surface area contributed by atoms with Gasteiger partial charge in [-0.15, -0.1) is 11.3 Å². The van der Waals surface area contributed by atoms with Crippen LogP contribution in [0.15, 0.2) is 54.6 Å². The fraction of sp³-hybridized carbons (Fsp3) is 0.318. The quantitative estimate of drug-likeness (QED) is 0.515. The molecule has 3 rings (SSSR count). The lowest BCUT2D eigenvalue weighted by atomic mass is 10.1. The zero-order valence-electron chi connectivity index (χ0n) is 15.7. The number of unbranched alkanes of at least 4 members (excludes halogenated alkanes) is 1. The van der Waals surface area contributed by atoms with Crippen molar-refractivity contribution in [3.63, 3.8) is 0 Å². The lowest BCUT2D eigenvalue weighted by Gasteiger charge is -2.07. The predicted octanol–water partition coefficient (Wildman–Crippen LogP) is 4.25. The molecule has 27 heavy (non-hydrogen) atoms. The van der Waals surface area contributed by atoms with E-state index in [1.54, 1.807) is 7.11 Å². The van der Waals surface area contributed by atoms with E-state index in [4.69, 9.17) is 4.74 Å². The van der Waals surface area contributed by atoms with E-state index in [1.165, 1.54) is 23.3 Å². The van der Waals surface area contributed by atoms with Crippen LogP contribution in [-0.2, 0) is 6.42 Å². The number of hydrogen-bond acceptors (Lipinski definition) is 4. The summed E-state index contributed by atoms with van der Waals surface area (Å²) in [6.07, 6.45) is 3.42. The Morgan fingerprint density at radius 3 is 2.56 bits per heavy atom. The number of ether oxygens (including phenoxy) is 1. The summed E-state index contributed by atoms with van der Waals surface area (Å²) in [6, 6.07) is 18.5. The van der Waals surface area contributed by atoms with E-state index < -0.39 is 0 Å². The Balaban J connectivity index is 1.35. The Morgan fingerprint density at radius 2 is 1.74 bits per heavy atom. The largest absolute Gasteiger partial charge is 0.494 e. The van der Waals surface area contributed by atoms with E-state index in [0.29, 0.717) is 17.2 Å². The van der Waals surface area contributed by atoms with Crippen LogP contribution >= 0.6 is 11.3 Å². The van der Waals surface area contributed by atoms with Crippen molar-refractivity contribution in [2.24, 2.45) is 0 Å². The van der Waals surface area contributed by atoms with E-state index in [9.17, 15) is 4.79 Å². The van der Waals surface area contributed by atoms with E-state index in [0.717, 1.165) is 36.0 Å². The van der Waals surface area contributed by atoms with Gasteiger partial charge < -0.3 is 15.4 Å². The molecule has 1 heterocycles. The highest BCUT2D eigenvalue weighted by molar-refractivity contribution is 7.21. The highest BCUT2D eigenvalue weighted by atomic mass is 32.1. The van der Waals surface area contributed by atoms with Crippen LogP contribution < -0.4 is 15.4 Å². The summed E-state index contributed by atoms with van der Waals surface area (Å²) < 4.78 is 6.53. The number of aryl methyl sites for hydroxylation is 1. The highest BCUT2D eigenvalue weighted by Gasteiger charge is 2.18. The smallest absolute Gasteiger partial charge is 0.265 e. The van der Waals surface area contributed by atoms with Crippen LogP contribution in [0, 0.1) is 0 Å². The Labute approximate surface area is 164 Å². The molecule has 0 aliphatic heterocycles. The minimum atomic E-state index is -0.0704. The number of nitrogens with one attached hydrogen (secondary N) is 2. The second-order valence-electron chi connectivity index (χ2n) is 6.41. The summed E-state index contributed by atoms with van der Waals surface area (Å²) in [4.78, 5) is 13.1. The third-order valence-electron chi connectivity index (χ3n) is 4.46. The molecule has 5 heteroatoms. The Kier molecular flexibility index (Phi) is 7.25. The maximum atomic E-state index is 12.5. The molecule has 0 saturated heterocycles. The number of fused-ring (bicyclic) bond motifs is 1. The van der Waals surface area contributed by atoms with Gasteiger partial charge in [0.25, 0.3) is 5.91 Å². The van der Waals surface area contributed by atoms with Crippen molar-refractivity contribution in [1.29, 1.82) is 0 Å². The van der Waals surface area contributed by atoms with Gasteiger partial charge in [-0.25, -0.2) is 0 Å². The first-order valence-electron chi connectivity index (χ1n) is 9.38. The standard InChI is InChI=1S/C22H26N2O2S/c1-26-20-18-12-5-6-13-19(18)27-21(20)22(25)24-16-15-23-14-8-7-11-17-9-3-2-4-10-17/h2-6,9-10,12-13,23H,7-8,11,14-16H2,1H3,(H,24,25). The normalized spacial score (nSPS) is 10.9. The molecule has 2 N–H and O–H groups in total. The maximum Gasteiger partial charge on any atom is 0.265 e. The van der Waals surface area contributed by atoms with Gasteiger partial charge in [0.15, 0.2) is 0 Å². The molecule has 1 aromatic heterocycles. The number of carbonyl (C=O) groups excluding carboxylic acids is 1. The molecule has 142 valence electrons. The van der Waals surface area contributed by atoms with Gasteiger partial charge >= 0.3 is 0 Å². The number of methoxy groups -OCH3 is 1. The molecule has 0 bridgehead atoms. The topological polar surface area (TPSA) is 50.4 Å². The van der Waals surface area contributed by atoms with Crippen LogP contribution in [0.25, 0.3) is 10.1 Å². The van der Waals surface area contributed by atoms with Gasteiger partial charge in [0, 0.05) is 23.2 Å². The predicted molar refractivity (Wildman–Crippen MR) is 113 cm³/mol. The lowest BCUT2D eigenvalue weighted by Crippen LogP contribution is -2.32. The summed E-state index contributed by atoms with van der Waals surface area (Å²) in [6.45, 7) is 2.34. The van der Waals surface area contributed by atoms with Gasteiger partial charge in [-0.05, 0) is 43.5 Å². The molecule has 0 unspecified atom stereocenters. The first kappa shape index (κ1) is 19.4. The molecule has 0 radical (unpaired) electrons. The lowest BCUT2D eigenvalue weighted by molar-refractivity contribution is 0.0955. The van der Waals surface area contributed by atoms with E-state index in [2.05, 4.69) is 34.9 Å². The minimum absolute atomic E-state index is 0.0704. The second-order valence-corrected chi connectivity index (χ2v) is 7.46. The fourth-order valence-electron chi connectivity index (χ4n) is 3.07. The minimum Gasteiger partial charge on any atom is -0.494 e.